The molecule has 0 fully saturated rings. The summed E-state index contributed by atoms with van der Waals surface area (Å²) in [6.07, 6.45) is 1.61. The number of imidazole rings is 1. The van der Waals surface area contributed by atoms with Crippen molar-refractivity contribution in [2.24, 2.45) is 0 Å². The van der Waals surface area contributed by atoms with Crippen molar-refractivity contribution in [1.82, 2.24) is 9.38 Å². The molecule has 4 nitrogen and oxygen atoms in total. The molecule has 0 aliphatic heterocycles. The molecule has 0 spiro atoms. The van der Waals surface area contributed by atoms with E-state index in [0.29, 0.717) is 32.2 Å². The summed E-state index contributed by atoms with van der Waals surface area (Å²) in [6, 6.07) is 11.3. The number of fused-ring (bicyclic) bond motifs is 1. The van der Waals surface area contributed by atoms with Crippen molar-refractivity contribution < 1.29 is 0 Å². The first kappa shape index (κ1) is 13.0. The molecule has 20 heavy (non-hydrogen) atoms. The normalized spacial score (nSPS) is 10.7. The maximum Gasteiger partial charge on any atom is 0.162 e. The SMILES string of the molecule is N#Cc1c(-c2ccccc2Cl)cc(N)c2ncc(Br)n12. The van der Waals surface area contributed by atoms with Gasteiger partial charge in [-0.05, 0) is 28.1 Å². The highest BCUT2D eigenvalue weighted by Crippen LogP contribution is 2.34. The molecule has 0 aliphatic carbocycles. The Kier molecular flexibility index (Phi) is 3.13. The summed E-state index contributed by atoms with van der Waals surface area (Å²) in [6.45, 7) is 0. The van der Waals surface area contributed by atoms with Gasteiger partial charge in [0.05, 0.1) is 11.9 Å². The fraction of sp³-hybridized carbons (Fsp3) is 0. The van der Waals surface area contributed by atoms with Gasteiger partial charge in [-0.25, -0.2) is 4.98 Å². The smallest absolute Gasteiger partial charge is 0.162 e. The number of benzene rings is 1. The van der Waals surface area contributed by atoms with Gasteiger partial charge in [0.2, 0.25) is 0 Å². The Hall–Kier alpha value is -2.03. The van der Waals surface area contributed by atoms with E-state index in [9.17, 15) is 5.26 Å². The zero-order valence-corrected chi connectivity index (χ0v) is 12.5. The molecule has 2 heterocycles. The Balaban J connectivity index is 2.46. The van der Waals surface area contributed by atoms with Crippen molar-refractivity contribution in [1.29, 1.82) is 5.26 Å². The highest BCUT2D eigenvalue weighted by atomic mass is 79.9. The molecule has 0 amide bonds. The Morgan fingerprint density at radius 2 is 2.05 bits per heavy atom. The summed E-state index contributed by atoms with van der Waals surface area (Å²) in [5.74, 6) is 0. The number of rotatable bonds is 1. The number of halogens is 2. The van der Waals surface area contributed by atoms with Crippen LogP contribution in [-0.4, -0.2) is 9.38 Å². The van der Waals surface area contributed by atoms with Gasteiger partial charge in [0, 0.05) is 16.1 Å². The second-order valence-corrected chi connectivity index (χ2v) is 5.41. The van der Waals surface area contributed by atoms with Crippen LogP contribution in [0.1, 0.15) is 5.69 Å². The number of nitriles is 1. The summed E-state index contributed by atoms with van der Waals surface area (Å²) < 4.78 is 2.35. The molecule has 1 aromatic carbocycles. The quantitative estimate of drug-likeness (QED) is 0.726. The molecule has 3 aromatic rings. The molecule has 98 valence electrons. The van der Waals surface area contributed by atoms with Gasteiger partial charge in [0.25, 0.3) is 0 Å². The van der Waals surface area contributed by atoms with Crippen LogP contribution >= 0.6 is 27.5 Å². The zero-order valence-electron chi connectivity index (χ0n) is 10.1. The summed E-state index contributed by atoms with van der Waals surface area (Å²) in [7, 11) is 0. The monoisotopic (exact) mass is 346 g/mol. The molecule has 0 saturated heterocycles. The lowest BCUT2D eigenvalue weighted by Gasteiger charge is -2.11. The third-order valence-corrected chi connectivity index (χ3v) is 3.91. The third-order valence-electron chi connectivity index (χ3n) is 3.03. The minimum Gasteiger partial charge on any atom is -0.396 e. The van der Waals surface area contributed by atoms with Gasteiger partial charge in [-0.1, -0.05) is 29.8 Å². The highest BCUT2D eigenvalue weighted by molar-refractivity contribution is 9.10. The van der Waals surface area contributed by atoms with Gasteiger partial charge < -0.3 is 5.73 Å². The topological polar surface area (TPSA) is 67.1 Å². The second-order valence-electron chi connectivity index (χ2n) is 4.19. The van der Waals surface area contributed by atoms with E-state index in [4.69, 9.17) is 17.3 Å². The summed E-state index contributed by atoms with van der Waals surface area (Å²) in [5.41, 5.74) is 8.94. The second kappa shape index (κ2) is 4.82. The van der Waals surface area contributed by atoms with Crippen molar-refractivity contribution in [3.63, 3.8) is 0 Å². The van der Waals surface area contributed by atoms with Crippen LogP contribution in [0.25, 0.3) is 16.8 Å². The first-order valence-electron chi connectivity index (χ1n) is 5.74. The van der Waals surface area contributed by atoms with Crippen LogP contribution in [0.2, 0.25) is 5.02 Å². The van der Waals surface area contributed by atoms with Crippen molar-refractivity contribution in [2.75, 3.05) is 5.73 Å². The molecule has 0 aliphatic rings. The fourth-order valence-corrected chi connectivity index (χ4v) is 2.84. The lowest BCUT2D eigenvalue weighted by atomic mass is 10.0. The summed E-state index contributed by atoms with van der Waals surface area (Å²) in [4.78, 5) is 4.19. The van der Waals surface area contributed by atoms with E-state index < -0.39 is 0 Å². The van der Waals surface area contributed by atoms with Gasteiger partial charge in [-0.3, -0.25) is 4.40 Å². The Labute approximate surface area is 128 Å². The standard InChI is InChI=1S/C14H8BrClN4/c15-13-7-19-14-11(18)5-9(12(6-17)20(13)14)8-3-1-2-4-10(8)16/h1-5,7H,18H2. The molecule has 2 aromatic heterocycles. The van der Waals surface area contributed by atoms with Crippen molar-refractivity contribution >= 4 is 38.9 Å². The number of aromatic nitrogens is 2. The van der Waals surface area contributed by atoms with E-state index in [0.717, 1.165) is 5.56 Å². The number of nitrogen functional groups attached to an aromatic ring is 1. The van der Waals surface area contributed by atoms with Gasteiger partial charge in [0.15, 0.2) is 5.65 Å². The Morgan fingerprint density at radius 1 is 1.30 bits per heavy atom. The van der Waals surface area contributed by atoms with Crippen LogP contribution in [0, 0.1) is 11.3 Å². The molecule has 2 N–H and O–H groups in total. The predicted octanol–water partition coefficient (Wildman–Crippen LogP) is 3.87. The van der Waals surface area contributed by atoms with Gasteiger partial charge in [-0.15, -0.1) is 0 Å². The van der Waals surface area contributed by atoms with Crippen molar-refractivity contribution in [3.8, 4) is 17.2 Å². The lowest BCUT2D eigenvalue weighted by Crippen LogP contribution is -2.01. The average molecular weight is 348 g/mol. The van der Waals surface area contributed by atoms with E-state index in [1.54, 1.807) is 22.7 Å². The van der Waals surface area contributed by atoms with E-state index >= 15 is 0 Å². The number of hydrogen-bond donors (Lipinski definition) is 1. The minimum absolute atomic E-state index is 0.437. The first-order valence-corrected chi connectivity index (χ1v) is 6.91. The molecule has 0 radical (unpaired) electrons. The summed E-state index contributed by atoms with van der Waals surface area (Å²) in [5, 5.41) is 10.1. The van der Waals surface area contributed by atoms with E-state index in [-0.39, 0.29) is 0 Å². The lowest BCUT2D eigenvalue weighted by molar-refractivity contribution is 1.12. The van der Waals surface area contributed by atoms with Crippen molar-refractivity contribution in [2.45, 2.75) is 0 Å². The maximum atomic E-state index is 9.50. The highest BCUT2D eigenvalue weighted by Gasteiger charge is 2.16. The average Bonchev–Trinajstić information content (AvgIpc) is 2.82. The number of nitrogens with two attached hydrogens (primary N) is 1. The Bertz CT molecular complexity index is 863. The van der Waals surface area contributed by atoms with Crippen molar-refractivity contribution in [3.05, 3.63) is 51.8 Å². The Morgan fingerprint density at radius 3 is 2.75 bits per heavy atom. The minimum atomic E-state index is 0.437. The molecule has 3 rings (SSSR count). The van der Waals surface area contributed by atoms with Gasteiger partial charge in [0.1, 0.15) is 16.4 Å². The fourth-order valence-electron chi connectivity index (χ4n) is 2.15. The number of nitrogens with zero attached hydrogens (tertiary/aromatic N) is 3. The molecule has 0 unspecified atom stereocenters. The third kappa shape index (κ3) is 1.85. The number of hydrogen-bond acceptors (Lipinski definition) is 3. The van der Waals surface area contributed by atoms with Gasteiger partial charge in [-0.2, -0.15) is 5.26 Å². The first-order chi connectivity index (χ1) is 9.63. The van der Waals surface area contributed by atoms with Crippen LogP contribution < -0.4 is 5.73 Å². The molecular weight excluding hydrogens is 340 g/mol. The zero-order chi connectivity index (χ0) is 14.3. The van der Waals surface area contributed by atoms with Gasteiger partial charge >= 0.3 is 0 Å². The maximum absolute atomic E-state index is 9.50. The van der Waals surface area contributed by atoms with Crippen LogP contribution in [0.4, 0.5) is 5.69 Å². The van der Waals surface area contributed by atoms with E-state index in [1.807, 2.05) is 18.2 Å². The van der Waals surface area contributed by atoms with Crippen LogP contribution in [0.15, 0.2) is 41.1 Å². The van der Waals surface area contributed by atoms with E-state index in [2.05, 4.69) is 27.0 Å². The summed E-state index contributed by atoms with van der Waals surface area (Å²) >= 11 is 9.60. The number of pyridine rings is 1. The van der Waals surface area contributed by atoms with Crippen LogP contribution in [0.3, 0.4) is 0 Å². The van der Waals surface area contributed by atoms with E-state index in [1.165, 1.54) is 0 Å². The van der Waals surface area contributed by atoms with Crippen LogP contribution in [0.5, 0.6) is 0 Å². The molecule has 0 bridgehead atoms. The largest absolute Gasteiger partial charge is 0.396 e. The molecular formula is C14H8BrClN4. The predicted molar refractivity (Wildman–Crippen MR) is 82.5 cm³/mol. The number of anilines is 1. The molecule has 6 heteroatoms. The molecule has 0 saturated carbocycles. The molecule has 0 atom stereocenters. The van der Waals surface area contributed by atoms with Crippen LogP contribution in [-0.2, 0) is 0 Å².